The molecular formula is C66H108N10O15. The number of likely N-dealkylation sites (N-methyl/N-ethyl adjacent to an activating group) is 2. The predicted octanol–water partition coefficient (Wildman–Crippen LogP) is 5.42. The molecule has 0 aliphatic carbocycles. The highest BCUT2D eigenvalue weighted by atomic mass is 16.6. The molecule has 25 nitrogen and oxygen atoms in total. The van der Waals surface area contributed by atoms with Crippen LogP contribution >= 0.6 is 0 Å². The van der Waals surface area contributed by atoms with Crippen LogP contribution in [-0.4, -0.2) is 196 Å². The van der Waals surface area contributed by atoms with Gasteiger partial charge in [-0.05, 0) is 86.0 Å². The van der Waals surface area contributed by atoms with E-state index in [4.69, 9.17) is 29.4 Å². The van der Waals surface area contributed by atoms with Gasteiger partial charge in [0.05, 0.1) is 68.6 Å². The van der Waals surface area contributed by atoms with Gasteiger partial charge in [-0.15, -0.1) is 0 Å². The highest BCUT2D eigenvalue weighted by Gasteiger charge is 2.44. The second kappa shape index (κ2) is 40.1. The Hall–Kier alpha value is -6.93. The lowest BCUT2D eigenvalue weighted by molar-refractivity contribution is -0.148. The Kier molecular flexibility index (Phi) is 34.5. The number of aliphatic hydroxyl groups is 1. The molecular weight excluding hydrogens is 1170 g/mol. The van der Waals surface area contributed by atoms with Crippen LogP contribution in [-0.2, 0) is 63.9 Å². The standard InChI is InChI=1S/C66H108N10O15/c1-16-34-89-36-37-90-35-31-52(77)72-54(40(3)4)62(82)71-49(25-21-32-68-65(67)85)61(81)70-48-29-27-46(28-30-48)39-91-66(86)75(13)56(42(7)8)63(83)73-55(41(5)6)64(84)74(12)57(43(9)17-2)51(87-14)38-53(78)76-33-22-26-50(76)59(88-15)44(10)60(80)69-45(11)58(79)47-23-19-18-20-24-47/h18-20,23-24,27-30,40-45,49-51,54-59,79H,16-17,21-22,25-26,31-39H2,1-15H3,(H,69,80)(H,70,81)(H,71,82)(H,72,77)(H,73,83)(H3,67,68,85). The van der Waals surface area contributed by atoms with Crippen LogP contribution in [0.4, 0.5) is 15.3 Å². The fraction of sp³-hybridized carbons (Fsp3) is 0.682. The van der Waals surface area contributed by atoms with Crippen molar-refractivity contribution in [3.05, 3.63) is 65.7 Å². The molecule has 10 amide bonds. The first-order valence-corrected chi connectivity index (χ1v) is 32.2. The average molecular weight is 1280 g/mol. The van der Waals surface area contributed by atoms with Crippen molar-refractivity contribution in [2.75, 3.05) is 73.1 Å². The smallest absolute Gasteiger partial charge is 0.410 e. The zero-order chi connectivity index (χ0) is 68.1. The summed E-state index contributed by atoms with van der Waals surface area (Å²) >= 11 is 0. The quantitative estimate of drug-likeness (QED) is 0.0386. The number of primary amides is 1. The van der Waals surface area contributed by atoms with Gasteiger partial charge in [-0.2, -0.15) is 0 Å². The molecule has 2 aromatic rings. The molecule has 1 aliphatic rings. The van der Waals surface area contributed by atoms with E-state index in [1.165, 1.54) is 26.2 Å². The summed E-state index contributed by atoms with van der Waals surface area (Å²) in [5, 5.41) is 27.6. The number of methoxy groups -OCH3 is 2. The summed E-state index contributed by atoms with van der Waals surface area (Å²) in [4.78, 5) is 127. The third-order valence-corrected chi connectivity index (χ3v) is 16.7. The van der Waals surface area contributed by atoms with E-state index >= 15 is 0 Å². The largest absolute Gasteiger partial charge is 0.445 e. The number of hydrogen-bond donors (Lipinski definition) is 8. The number of benzene rings is 2. The molecule has 9 N–H and O–H groups in total. The molecule has 1 aliphatic heterocycles. The van der Waals surface area contributed by atoms with Crippen molar-refractivity contribution in [1.82, 2.24) is 41.3 Å². The van der Waals surface area contributed by atoms with Crippen LogP contribution < -0.4 is 37.6 Å². The number of amides is 10. The van der Waals surface area contributed by atoms with Gasteiger partial charge >= 0.3 is 12.1 Å². The third-order valence-electron chi connectivity index (χ3n) is 16.7. The van der Waals surface area contributed by atoms with E-state index in [0.29, 0.717) is 62.4 Å². The van der Waals surface area contributed by atoms with Crippen LogP contribution in [0.25, 0.3) is 0 Å². The Bertz CT molecular complexity index is 2600. The fourth-order valence-electron chi connectivity index (χ4n) is 11.3. The van der Waals surface area contributed by atoms with Gasteiger partial charge in [0, 0.05) is 60.1 Å². The molecule has 2 aromatic carbocycles. The Morgan fingerprint density at radius 3 is 1.92 bits per heavy atom. The summed E-state index contributed by atoms with van der Waals surface area (Å²) in [5.41, 5.74) is 6.80. The molecule has 1 saturated heterocycles. The molecule has 0 radical (unpaired) electrons. The second-order valence-corrected chi connectivity index (χ2v) is 24.8. The van der Waals surface area contributed by atoms with Crippen LogP contribution in [0.3, 0.4) is 0 Å². The number of nitrogens with zero attached hydrogens (tertiary/aromatic N) is 3. The van der Waals surface area contributed by atoms with Crippen molar-refractivity contribution in [1.29, 1.82) is 0 Å². The van der Waals surface area contributed by atoms with E-state index < -0.39 is 120 Å². The summed E-state index contributed by atoms with van der Waals surface area (Å²) in [7, 11) is 6.10. The van der Waals surface area contributed by atoms with Gasteiger partial charge < -0.3 is 76.2 Å². The normalized spacial score (nSPS) is 16.8. The minimum absolute atomic E-state index is 0.0101. The molecule has 91 heavy (non-hydrogen) atoms. The lowest BCUT2D eigenvalue weighted by atomic mass is 9.89. The number of aliphatic hydroxyl groups excluding tert-OH is 1. The number of ether oxygens (including phenoxy) is 5. The maximum atomic E-state index is 14.8. The summed E-state index contributed by atoms with van der Waals surface area (Å²) in [6, 6.07) is 8.92. The lowest BCUT2D eigenvalue weighted by Crippen LogP contribution is -2.60. The molecule has 0 spiro atoms. The Labute approximate surface area is 539 Å². The summed E-state index contributed by atoms with van der Waals surface area (Å²) in [6.45, 7) is 21.9. The lowest BCUT2D eigenvalue weighted by Gasteiger charge is -2.41. The van der Waals surface area contributed by atoms with Crippen LogP contribution in [0.5, 0.6) is 0 Å². The van der Waals surface area contributed by atoms with Crippen molar-refractivity contribution in [3.8, 4) is 0 Å². The molecule has 1 fully saturated rings. The van der Waals surface area contributed by atoms with Gasteiger partial charge in [0.2, 0.25) is 41.4 Å². The van der Waals surface area contributed by atoms with E-state index in [1.54, 1.807) is 109 Å². The number of rotatable bonds is 40. The summed E-state index contributed by atoms with van der Waals surface area (Å²) in [6.07, 6.45) is -0.0857. The highest BCUT2D eigenvalue weighted by molar-refractivity contribution is 5.98. The number of hydrogen-bond acceptors (Lipinski definition) is 15. The van der Waals surface area contributed by atoms with Gasteiger partial charge in [-0.25, -0.2) is 9.59 Å². The van der Waals surface area contributed by atoms with E-state index in [1.807, 2.05) is 39.0 Å². The number of urea groups is 1. The number of carbonyl (C=O) groups excluding carboxylic acids is 9. The summed E-state index contributed by atoms with van der Waals surface area (Å²) < 4.78 is 28.6. The van der Waals surface area contributed by atoms with Gasteiger partial charge in [-0.1, -0.05) is 118 Å². The van der Waals surface area contributed by atoms with Crippen molar-refractivity contribution in [2.45, 2.75) is 195 Å². The number of carbonyl (C=O) groups is 9. The van der Waals surface area contributed by atoms with E-state index in [-0.39, 0.29) is 69.1 Å². The Balaban J connectivity index is 1.69. The summed E-state index contributed by atoms with van der Waals surface area (Å²) in [5.74, 6) is -5.15. The molecule has 25 heteroatoms. The van der Waals surface area contributed by atoms with E-state index in [9.17, 15) is 48.3 Å². The molecule has 512 valence electrons. The van der Waals surface area contributed by atoms with Gasteiger partial charge in [0.1, 0.15) is 30.8 Å². The zero-order valence-corrected chi connectivity index (χ0v) is 56.5. The Morgan fingerprint density at radius 2 is 1.35 bits per heavy atom. The maximum absolute atomic E-state index is 14.8. The molecule has 3 rings (SSSR count). The topological polar surface area (TPSA) is 328 Å². The molecule has 0 aromatic heterocycles. The number of nitrogens with two attached hydrogens (primary N) is 1. The molecule has 0 saturated carbocycles. The van der Waals surface area contributed by atoms with Crippen LogP contribution in [0.1, 0.15) is 145 Å². The monoisotopic (exact) mass is 1280 g/mol. The first-order chi connectivity index (χ1) is 43.1. The molecule has 12 unspecified atom stereocenters. The second-order valence-electron chi connectivity index (χ2n) is 24.8. The van der Waals surface area contributed by atoms with Crippen LogP contribution in [0.15, 0.2) is 54.6 Å². The molecule has 1 heterocycles. The van der Waals surface area contributed by atoms with Crippen molar-refractivity contribution in [3.63, 3.8) is 0 Å². The van der Waals surface area contributed by atoms with Crippen LogP contribution in [0, 0.1) is 29.6 Å². The molecule has 0 bridgehead atoms. The van der Waals surface area contributed by atoms with Crippen molar-refractivity contribution in [2.24, 2.45) is 35.3 Å². The molecule has 12 atom stereocenters. The first kappa shape index (κ1) is 78.3. The minimum Gasteiger partial charge on any atom is -0.445 e. The van der Waals surface area contributed by atoms with Crippen molar-refractivity contribution < 1.29 is 71.9 Å². The van der Waals surface area contributed by atoms with Gasteiger partial charge in [0.25, 0.3) is 0 Å². The SMILES string of the molecule is CCCOCCOCCC(=O)NC(C(=O)NC(CCCNC(N)=O)C(=O)Nc1ccc(COC(=O)N(C)C(C(=O)NC(C(=O)N(C)C(C(C)CC)C(CC(=O)N2CCCC2C(OC)C(C)C(=O)NC(C)C(O)c2ccccc2)OC)C(C)C)C(C)C)cc1)C(C)C. The van der Waals surface area contributed by atoms with Gasteiger partial charge in [0.15, 0.2) is 0 Å². The minimum atomic E-state index is -1.08. The number of nitrogens with one attached hydrogen (secondary N) is 6. The average Bonchev–Trinajstić information content (AvgIpc) is 2.24. The van der Waals surface area contributed by atoms with Crippen molar-refractivity contribution >= 4 is 59.2 Å². The van der Waals surface area contributed by atoms with E-state index in [2.05, 4.69) is 31.9 Å². The number of anilines is 1. The zero-order valence-electron chi connectivity index (χ0n) is 56.5. The highest BCUT2D eigenvalue weighted by Crippen LogP contribution is 2.30. The third kappa shape index (κ3) is 24.9. The van der Waals surface area contributed by atoms with E-state index in [0.717, 1.165) is 6.42 Å². The number of likely N-dealkylation sites (tertiary alicyclic amines) is 1. The van der Waals surface area contributed by atoms with Gasteiger partial charge in [-0.3, -0.25) is 38.5 Å². The maximum Gasteiger partial charge on any atom is 0.410 e. The fourth-order valence-corrected chi connectivity index (χ4v) is 11.3. The van der Waals surface area contributed by atoms with Crippen LogP contribution in [0.2, 0.25) is 0 Å². The predicted molar refractivity (Wildman–Crippen MR) is 346 cm³/mol. The Morgan fingerprint density at radius 1 is 0.714 bits per heavy atom. The first-order valence-electron chi connectivity index (χ1n) is 32.2.